The molecular weight excluding hydrogens is 405 g/mol. The Morgan fingerprint density at radius 2 is 2.00 bits per heavy atom. The molecule has 0 aliphatic carbocycles. The summed E-state index contributed by atoms with van der Waals surface area (Å²) in [5.74, 6) is 0.648. The molecule has 2 fully saturated rings. The Morgan fingerprint density at radius 1 is 1.19 bits per heavy atom. The normalized spacial score (nSPS) is 25.3. The molecule has 2 atom stereocenters. The van der Waals surface area contributed by atoms with Crippen LogP contribution in [0, 0.1) is 5.82 Å². The van der Waals surface area contributed by atoms with E-state index in [1.807, 2.05) is 21.6 Å². The Morgan fingerprint density at radius 3 is 2.74 bits per heavy atom. The van der Waals surface area contributed by atoms with Crippen LogP contribution in [0.1, 0.15) is 49.3 Å². The number of unbranched alkanes of at least 4 members (excludes halogenated alkanes) is 1. The highest BCUT2D eigenvalue weighted by molar-refractivity contribution is 8.77. The second-order valence-electron chi connectivity index (χ2n) is 7.12. The molecule has 8 heteroatoms. The minimum Gasteiger partial charge on any atom is -0.342 e. The van der Waals surface area contributed by atoms with E-state index in [0.717, 1.165) is 24.5 Å². The number of nitrogens with zero attached hydrogens (tertiary/aromatic N) is 1. The van der Waals surface area contributed by atoms with Crippen LogP contribution in [-0.4, -0.2) is 49.1 Å². The van der Waals surface area contributed by atoms with Gasteiger partial charge in [-0.15, -0.1) is 0 Å². The van der Waals surface area contributed by atoms with Crippen molar-refractivity contribution in [1.29, 1.82) is 0 Å². The summed E-state index contributed by atoms with van der Waals surface area (Å²) in [6.07, 6.45) is 5.01. The summed E-state index contributed by atoms with van der Waals surface area (Å²) in [6, 6.07) is 6.04. The molecule has 0 N–H and O–H groups in total. The van der Waals surface area contributed by atoms with Gasteiger partial charge in [-0.3, -0.25) is 4.79 Å². The Hall–Kier alpha value is -0.730. The first kappa shape index (κ1) is 21.0. The largest absolute Gasteiger partial charge is 0.342 e. The maximum Gasteiger partial charge on any atom is 0.222 e. The number of amides is 1. The second kappa shape index (κ2) is 9.65. The van der Waals surface area contributed by atoms with E-state index in [4.69, 9.17) is 0 Å². The monoisotopic (exact) mass is 431 g/mol. The van der Waals surface area contributed by atoms with E-state index in [-0.39, 0.29) is 30.2 Å². The molecule has 0 saturated carbocycles. The maximum atomic E-state index is 14.1. The highest BCUT2D eigenvalue weighted by Crippen LogP contribution is 2.40. The lowest BCUT2D eigenvalue weighted by molar-refractivity contribution is -0.131. The van der Waals surface area contributed by atoms with E-state index in [1.165, 1.54) is 24.3 Å². The molecule has 0 radical (unpaired) electrons. The minimum absolute atomic E-state index is 0.0211. The SMILES string of the molecule is O=C(CCCC[C@@H]1CCSS1)N1CC[C@@H](c2ccccc2F)S(=O)(=O)CC1. The highest BCUT2D eigenvalue weighted by atomic mass is 33.1. The average molecular weight is 432 g/mol. The Bertz CT molecular complexity index is 750. The molecule has 1 aromatic rings. The summed E-state index contributed by atoms with van der Waals surface area (Å²) in [5, 5.41) is -0.150. The van der Waals surface area contributed by atoms with Crippen molar-refractivity contribution in [2.75, 3.05) is 24.6 Å². The van der Waals surface area contributed by atoms with E-state index in [0.29, 0.717) is 13.0 Å². The Kier molecular flexibility index (Phi) is 7.50. The topological polar surface area (TPSA) is 54.5 Å². The highest BCUT2D eigenvalue weighted by Gasteiger charge is 2.33. The molecule has 150 valence electrons. The van der Waals surface area contributed by atoms with Crippen LogP contribution in [0.5, 0.6) is 0 Å². The summed E-state index contributed by atoms with van der Waals surface area (Å²) in [5.41, 5.74) is 0.221. The average Bonchev–Trinajstić information content (AvgIpc) is 3.10. The molecule has 2 aliphatic rings. The molecular formula is C19H26FNO3S3. The third kappa shape index (κ3) is 5.64. The number of rotatable bonds is 6. The molecule has 2 heterocycles. The standard InChI is InChI=1S/C19H26FNO3S3/c20-17-7-3-2-6-16(17)18-9-11-21(12-14-27(18,23)24)19(22)8-4-1-5-15-10-13-25-26-15/h2-3,6-7,15,18H,1,4-5,8-14H2/t15-,18+/m1/s1. The molecule has 0 bridgehead atoms. The van der Waals surface area contributed by atoms with Crippen LogP contribution in [-0.2, 0) is 14.6 Å². The van der Waals surface area contributed by atoms with Crippen molar-refractivity contribution < 1.29 is 17.6 Å². The molecule has 4 nitrogen and oxygen atoms in total. The summed E-state index contributed by atoms with van der Waals surface area (Å²) < 4.78 is 39.3. The Balaban J connectivity index is 1.53. The van der Waals surface area contributed by atoms with Crippen LogP contribution in [0.15, 0.2) is 24.3 Å². The lowest BCUT2D eigenvalue weighted by atomic mass is 10.1. The molecule has 0 unspecified atom stereocenters. The van der Waals surface area contributed by atoms with Gasteiger partial charge in [0.05, 0.1) is 11.0 Å². The van der Waals surface area contributed by atoms with Crippen molar-refractivity contribution in [3.63, 3.8) is 0 Å². The number of benzene rings is 1. The predicted molar refractivity (Wildman–Crippen MR) is 111 cm³/mol. The Labute approximate surface area is 169 Å². The van der Waals surface area contributed by atoms with Crippen LogP contribution in [0.25, 0.3) is 0 Å². The van der Waals surface area contributed by atoms with Gasteiger partial charge < -0.3 is 4.90 Å². The zero-order valence-electron chi connectivity index (χ0n) is 15.3. The minimum atomic E-state index is -3.48. The van der Waals surface area contributed by atoms with Crippen molar-refractivity contribution in [1.82, 2.24) is 4.90 Å². The van der Waals surface area contributed by atoms with Crippen LogP contribution in [0.4, 0.5) is 4.39 Å². The number of carbonyl (C=O) groups is 1. The number of hydrogen-bond acceptors (Lipinski definition) is 5. The number of halogens is 1. The van der Waals surface area contributed by atoms with Gasteiger partial charge >= 0.3 is 0 Å². The first-order valence-electron chi connectivity index (χ1n) is 9.49. The summed E-state index contributed by atoms with van der Waals surface area (Å²) in [7, 11) is 0.406. The van der Waals surface area contributed by atoms with Crippen molar-refractivity contribution >= 4 is 37.3 Å². The van der Waals surface area contributed by atoms with Gasteiger partial charge in [-0.05, 0) is 31.7 Å². The molecule has 0 aromatic heterocycles. The molecule has 3 rings (SSSR count). The lowest BCUT2D eigenvalue weighted by Crippen LogP contribution is -2.33. The number of sulfone groups is 1. The summed E-state index contributed by atoms with van der Waals surface area (Å²) in [4.78, 5) is 14.2. The molecule has 2 saturated heterocycles. The van der Waals surface area contributed by atoms with E-state index in [2.05, 4.69) is 0 Å². The quantitative estimate of drug-likeness (QED) is 0.498. The fourth-order valence-corrected chi connectivity index (χ4v) is 8.48. The van der Waals surface area contributed by atoms with E-state index < -0.39 is 20.9 Å². The number of carbonyl (C=O) groups excluding carboxylic acids is 1. The van der Waals surface area contributed by atoms with Gasteiger partial charge in [-0.1, -0.05) is 46.2 Å². The van der Waals surface area contributed by atoms with Gasteiger partial charge in [0.15, 0.2) is 9.84 Å². The first-order chi connectivity index (χ1) is 13.0. The summed E-state index contributed by atoms with van der Waals surface area (Å²) in [6.45, 7) is 0.577. The number of hydrogen-bond donors (Lipinski definition) is 0. The molecule has 1 aromatic carbocycles. The molecule has 2 aliphatic heterocycles. The molecule has 1 amide bonds. The fourth-order valence-electron chi connectivity index (χ4n) is 3.65. The third-order valence-corrected chi connectivity index (χ3v) is 10.4. The lowest BCUT2D eigenvalue weighted by Gasteiger charge is -2.20. The smallest absolute Gasteiger partial charge is 0.222 e. The van der Waals surface area contributed by atoms with Crippen molar-refractivity contribution in [3.05, 3.63) is 35.6 Å². The molecule has 27 heavy (non-hydrogen) atoms. The summed E-state index contributed by atoms with van der Waals surface area (Å²) >= 11 is 0. The maximum absolute atomic E-state index is 14.1. The van der Waals surface area contributed by atoms with Gasteiger partial charge in [0.2, 0.25) is 5.91 Å². The van der Waals surface area contributed by atoms with Crippen LogP contribution in [0.3, 0.4) is 0 Å². The first-order valence-corrected chi connectivity index (χ1v) is 13.6. The van der Waals surface area contributed by atoms with Crippen molar-refractivity contribution in [2.45, 2.75) is 49.0 Å². The van der Waals surface area contributed by atoms with Crippen molar-refractivity contribution in [2.24, 2.45) is 0 Å². The van der Waals surface area contributed by atoms with E-state index in [1.54, 1.807) is 17.0 Å². The zero-order valence-corrected chi connectivity index (χ0v) is 17.8. The van der Waals surface area contributed by atoms with Gasteiger partial charge in [0, 0.05) is 36.1 Å². The fraction of sp³-hybridized carbons (Fsp3) is 0.632. The second-order valence-corrected chi connectivity index (χ2v) is 12.2. The predicted octanol–water partition coefficient (Wildman–Crippen LogP) is 4.23. The van der Waals surface area contributed by atoms with E-state index >= 15 is 0 Å². The van der Waals surface area contributed by atoms with Crippen LogP contribution < -0.4 is 0 Å². The third-order valence-electron chi connectivity index (χ3n) is 5.24. The van der Waals surface area contributed by atoms with Crippen LogP contribution >= 0.6 is 21.6 Å². The zero-order chi connectivity index (χ0) is 19.3. The van der Waals surface area contributed by atoms with E-state index in [9.17, 15) is 17.6 Å². The van der Waals surface area contributed by atoms with Gasteiger partial charge in [0.25, 0.3) is 0 Å². The van der Waals surface area contributed by atoms with Crippen LogP contribution in [0.2, 0.25) is 0 Å². The van der Waals surface area contributed by atoms with Crippen molar-refractivity contribution in [3.8, 4) is 0 Å². The molecule has 0 spiro atoms. The van der Waals surface area contributed by atoms with Gasteiger partial charge in [0.1, 0.15) is 5.82 Å². The van der Waals surface area contributed by atoms with Gasteiger partial charge in [-0.25, -0.2) is 12.8 Å². The van der Waals surface area contributed by atoms with Gasteiger partial charge in [-0.2, -0.15) is 0 Å².